The molecule has 0 N–H and O–H groups in total. The molecule has 0 spiro atoms. The molecule has 0 aromatic heterocycles. The molecule has 3 atom stereocenters. The van der Waals surface area contributed by atoms with Gasteiger partial charge in [0.05, 0.1) is 0 Å². The fraction of sp³-hybridized carbons (Fsp3) is 0.500. The molecule has 0 aromatic rings. The van der Waals surface area contributed by atoms with Gasteiger partial charge in [0, 0.05) is 0 Å². The van der Waals surface area contributed by atoms with Gasteiger partial charge in [0.15, 0.2) is 0 Å². The second-order valence-electron chi connectivity index (χ2n) is 3.28. The third-order valence-electron chi connectivity index (χ3n) is 2.55. The first-order valence-electron chi connectivity index (χ1n) is 3.65. The van der Waals surface area contributed by atoms with E-state index in [1.54, 1.807) is 0 Å². The molecule has 1 heteroatoms. The van der Waals surface area contributed by atoms with Gasteiger partial charge in [-0.25, -0.2) is 0 Å². The van der Waals surface area contributed by atoms with E-state index in [0.29, 0.717) is 0 Å². The SMILES string of the molecule is BC1=CC2C(C)[C@@H]2C=C1. The van der Waals surface area contributed by atoms with E-state index in [0.717, 1.165) is 17.8 Å². The molecule has 2 aliphatic carbocycles. The summed E-state index contributed by atoms with van der Waals surface area (Å²) >= 11 is 0. The van der Waals surface area contributed by atoms with E-state index in [9.17, 15) is 0 Å². The van der Waals surface area contributed by atoms with Crippen LogP contribution in [0, 0.1) is 17.8 Å². The highest BCUT2D eigenvalue weighted by Gasteiger charge is 2.43. The minimum atomic E-state index is 0.897. The Bertz CT molecular complexity index is 191. The maximum atomic E-state index is 2.40. The van der Waals surface area contributed by atoms with Gasteiger partial charge in [0.25, 0.3) is 0 Å². The van der Waals surface area contributed by atoms with Gasteiger partial charge in [-0.1, -0.05) is 30.6 Å². The van der Waals surface area contributed by atoms with Crippen molar-refractivity contribution in [2.24, 2.45) is 17.8 Å². The molecule has 1 saturated carbocycles. The summed E-state index contributed by atoms with van der Waals surface area (Å²) in [5, 5.41) is 0. The van der Waals surface area contributed by atoms with Gasteiger partial charge in [0.2, 0.25) is 0 Å². The molecule has 2 rings (SSSR count). The molecule has 0 aromatic carbocycles. The van der Waals surface area contributed by atoms with E-state index < -0.39 is 0 Å². The third kappa shape index (κ3) is 0.675. The van der Waals surface area contributed by atoms with Gasteiger partial charge >= 0.3 is 0 Å². The second-order valence-corrected chi connectivity index (χ2v) is 3.28. The Labute approximate surface area is 57.1 Å². The number of hydrogen-bond donors (Lipinski definition) is 0. The molecule has 0 radical (unpaired) electrons. The van der Waals surface area contributed by atoms with Gasteiger partial charge in [-0.05, 0) is 17.8 Å². The highest BCUT2D eigenvalue weighted by Crippen LogP contribution is 2.50. The number of fused-ring (bicyclic) bond motifs is 1. The predicted molar refractivity (Wildman–Crippen MR) is 41.9 cm³/mol. The van der Waals surface area contributed by atoms with Crippen LogP contribution in [0.2, 0.25) is 0 Å². The van der Waals surface area contributed by atoms with Crippen LogP contribution in [0.15, 0.2) is 23.7 Å². The first-order valence-corrected chi connectivity index (χ1v) is 3.65. The van der Waals surface area contributed by atoms with Gasteiger partial charge < -0.3 is 0 Å². The minimum Gasteiger partial charge on any atom is -0.0929 e. The summed E-state index contributed by atoms with van der Waals surface area (Å²) in [4.78, 5) is 0. The topological polar surface area (TPSA) is 0 Å². The van der Waals surface area contributed by atoms with Gasteiger partial charge in [0.1, 0.15) is 7.85 Å². The van der Waals surface area contributed by atoms with E-state index in [4.69, 9.17) is 0 Å². The standard InChI is InChI=1S/C8H11B/c1-5-7-3-2-6(9)4-8(5)7/h2-5,7-8H,9H2,1H3/t5?,7-,8?/m0/s1. The summed E-state index contributed by atoms with van der Waals surface area (Å²) in [6, 6.07) is 0. The zero-order valence-electron chi connectivity index (χ0n) is 5.96. The third-order valence-corrected chi connectivity index (χ3v) is 2.55. The van der Waals surface area contributed by atoms with Crippen molar-refractivity contribution in [2.75, 3.05) is 0 Å². The summed E-state index contributed by atoms with van der Waals surface area (Å²) in [6.07, 6.45) is 6.99. The first kappa shape index (κ1) is 5.34. The van der Waals surface area contributed by atoms with Crippen molar-refractivity contribution < 1.29 is 0 Å². The van der Waals surface area contributed by atoms with Crippen molar-refractivity contribution in [2.45, 2.75) is 6.92 Å². The lowest BCUT2D eigenvalue weighted by molar-refractivity contribution is 0.885. The Kier molecular flexibility index (Phi) is 0.906. The normalized spacial score (nSPS) is 45.9. The summed E-state index contributed by atoms with van der Waals surface area (Å²) < 4.78 is 0. The smallest absolute Gasteiger partial charge is 0.0929 e. The predicted octanol–water partition coefficient (Wildman–Crippen LogP) is 0.955. The number of hydrogen-bond acceptors (Lipinski definition) is 0. The average molecular weight is 118 g/mol. The van der Waals surface area contributed by atoms with E-state index in [-0.39, 0.29) is 0 Å². The van der Waals surface area contributed by atoms with E-state index in [1.165, 1.54) is 5.47 Å². The van der Waals surface area contributed by atoms with Crippen molar-refractivity contribution in [1.29, 1.82) is 0 Å². The quantitative estimate of drug-likeness (QED) is 0.415. The molecule has 0 amide bonds. The zero-order valence-corrected chi connectivity index (χ0v) is 5.96. The Balaban J connectivity index is 2.24. The lowest BCUT2D eigenvalue weighted by Crippen LogP contribution is -1.85. The summed E-state index contributed by atoms with van der Waals surface area (Å²) in [7, 11) is 2.18. The van der Waals surface area contributed by atoms with E-state index in [2.05, 4.69) is 33.0 Å². The molecule has 9 heavy (non-hydrogen) atoms. The van der Waals surface area contributed by atoms with Crippen LogP contribution in [0.1, 0.15) is 6.92 Å². The van der Waals surface area contributed by atoms with Gasteiger partial charge in [-0.3, -0.25) is 0 Å². The Hall–Kier alpha value is -0.455. The highest BCUT2D eigenvalue weighted by atomic mass is 14.5. The van der Waals surface area contributed by atoms with Crippen molar-refractivity contribution in [3.8, 4) is 0 Å². The molecule has 2 aliphatic rings. The summed E-state index contributed by atoms with van der Waals surface area (Å²) in [5.74, 6) is 2.72. The first-order chi connectivity index (χ1) is 4.29. The molecule has 46 valence electrons. The molecule has 0 nitrogen and oxygen atoms in total. The summed E-state index contributed by atoms with van der Waals surface area (Å²) in [6.45, 7) is 2.33. The van der Waals surface area contributed by atoms with Crippen LogP contribution in [0.25, 0.3) is 0 Å². The lowest BCUT2D eigenvalue weighted by atomic mass is 9.91. The van der Waals surface area contributed by atoms with Crippen LogP contribution in [-0.2, 0) is 0 Å². The van der Waals surface area contributed by atoms with Gasteiger partial charge in [-0.15, -0.1) is 0 Å². The molecule has 0 bridgehead atoms. The molecular weight excluding hydrogens is 107 g/mol. The van der Waals surface area contributed by atoms with Crippen LogP contribution in [-0.4, -0.2) is 7.85 Å². The minimum absolute atomic E-state index is 0.897. The highest BCUT2D eigenvalue weighted by molar-refractivity contribution is 6.23. The largest absolute Gasteiger partial charge is 0.138 e. The Morgan fingerprint density at radius 3 is 2.78 bits per heavy atom. The van der Waals surface area contributed by atoms with Crippen molar-refractivity contribution in [3.05, 3.63) is 23.7 Å². The molecule has 0 heterocycles. The Morgan fingerprint density at radius 2 is 2.22 bits per heavy atom. The fourth-order valence-electron chi connectivity index (χ4n) is 1.71. The van der Waals surface area contributed by atoms with E-state index in [1.807, 2.05) is 0 Å². The lowest BCUT2D eigenvalue weighted by Gasteiger charge is -1.96. The monoisotopic (exact) mass is 118 g/mol. The molecule has 1 fully saturated rings. The van der Waals surface area contributed by atoms with Crippen LogP contribution < -0.4 is 0 Å². The maximum absolute atomic E-state index is 2.40. The molecule has 0 aliphatic heterocycles. The second kappa shape index (κ2) is 1.53. The van der Waals surface area contributed by atoms with Gasteiger partial charge in [-0.2, -0.15) is 0 Å². The molecule has 2 unspecified atom stereocenters. The van der Waals surface area contributed by atoms with Crippen LogP contribution >= 0.6 is 0 Å². The van der Waals surface area contributed by atoms with Crippen LogP contribution in [0.4, 0.5) is 0 Å². The maximum Gasteiger partial charge on any atom is 0.138 e. The van der Waals surface area contributed by atoms with Crippen LogP contribution in [0.3, 0.4) is 0 Å². The van der Waals surface area contributed by atoms with Crippen molar-refractivity contribution >= 4 is 7.85 Å². The number of rotatable bonds is 0. The van der Waals surface area contributed by atoms with E-state index >= 15 is 0 Å². The summed E-state index contributed by atoms with van der Waals surface area (Å²) in [5.41, 5.74) is 1.45. The molecule has 0 saturated heterocycles. The van der Waals surface area contributed by atoms with Crippen molar-refractivity contribution in [1.82, 2.24) is 0 Å². The molecular formula is C8H11B. The Morgan fingerprint density at radius 1 is 1.44 bits per heavy atom. The fourth-order valence-corrected chi connectivity index (χ4v) is 1.71. The van der Waals surface area contributed by atoms with Crippen LogP contribution in [0.5, 0.6) is 0 Å². The average Bonchev–Trinajstić information content (AvgIpc) is 2.43. The number of allylic oxidation sites excluding steroid dienone is 4. The zero-order chi connectivity index (χ0) is 6.43. The van der Waals surface area contributed by atoms with Crippen molar-refractivity contribution in [3.63, 3.8) is 0 Å².